The maximum absolute atomic E-state index is 12.4. The molecule has 118 valence electrons. The first-order valence-electron chi connectivity index (χ1n) is 7.14. The van der Waals surface area contributed by atoms with Crippen LogP contribution in [-0.4, -0.2) is 19.3 Å². The van der Waals surface area contributed by atoms with E-state index in [9.17, 15) is 8.42 Å². The van der Waals surface area contributed by atoms with Gasteiger partial charge in [-0.25, -0.2) is 13.1 Å². The van der Waals surface area contributed by atoms with Crippen molar-refractivity contribution in [3.05, 3.63) is 40.8 Å². The van der Waals surface area contributed by atoms with E-state index in [0.29, 0.717) is 11.5 Å². The van der Waals surface area contributed by atoms with Gasteiger partial charge in [0.1, 0.15) is 10.6 Å². The molecule has 0 saturated heterocycles. The molecule has 0 saturated carbocycles. The standard InChI is InChI=1S/C15H18N2O3S2/c1-10-15(11(2)20-17-10)22(18,19)16-9-12-5-6-14-13(8-12)4-3-7-21-14/h5-6,8,16H,3-4,7,9H2,1-2H3. The molecule has 5 nitrogen and oxygen atoms in total. The summed E-state index contributed by atoms with van der Waals surface area (Å²) in [6, 6.07) is 6.16. The lowest BCUT2D eigenvalue weighted by molar-refractivity contribution is 0.390. The maximum atomic E-state index is 12.4. The van der Waals surface area contributed by atoms with Crippen LogP contribution in [0.3, 0.4) is 0 Å². The number of rotatable bonds is 4. The van der Waals surface area contributed by atoms with Gasteiger partial charge in [-0.1, -0.05) is 17.3 Å². The monoisotopic (exact) mass is 338 g/mol. The Balaban J connectivity index is 1.77. The third-order valence-electron chi connectivity index (χ3n) is 3.68. The van der Waals surface area contributed by atoms with Crippen LogP contribution in [0.2, 0.25) is 0 Å². The van der Waals surface area contributed by atoms with E-state index in [-0.39, 0.29) is 11.4 Å². The van der Waals surface area contributed by atoms with Crippen LogP contribution in [0.1, 0.15) is 29.0 Å². The van der Waals surface area contributed by atoms with Crippen LogP contribution in [0.15, 0.2) is 32.5 Å². The molecule has 0 amide bonds. The Kier molecular flexibility index (Phi) is 4.29. The number of thioether (sulfide) groups is 1. The summed E-state index contributed by atoms with van der Waals surface area (Å²) in [6.07, 6.45) is 2.23. The predicted octanol–water partition coefficient (Wildman–Crippen LogP) is 2.81. The van der Waals surface area contributed by atoms with Crippen LogP contribution in [0.25, 0.3) is 0 Å². The molecule has 1 aromatic carbocycles. The van der Waals surface area contributed by atoms with Crippen LogP contribution < -0.4 is 4.72 Å². The molecule has 0 radical (unpaired) electrons. The first-order chi connectivity index (χ1) is 10.5. The van der Waals surface area contributed by atoms with E-state index in [4.69, 9.17) is 4.52 Å². The minimum absolute atomic E-state index is 0.140. The van der Waals surface area contributed by atoms with Gasteiger partial charge in [0.05, 0.1) is 0 Å². The summed E-state index contributed by atoms with van der Waals surface area (Å²) in [6.45, 7) is 3.50. The number of fused-ring (bicyclic) bond motifs is 1. The molecule has 2 aromatic rings. The largest absolute Gasteiger partial charge is 0.360 e. The van der Waals surface area contributed by atoms with Gasteiger partial charge in [0.15, 0.2) is 5.76 Å². The molecule has 0 fully saturated rings. The zero-order valence-electron chi connectivity index (χ0n) is 12.5. The highest BCUT2D eigenvalue weighted by Crippen LogP contribution is 2.30. The average molecular weight is 338 g/mol. The molecular weight excluding hydrogens is 320 g/mol. The molecule has 0 aliphatic carbocycles. The molecule has 1 aliphatic heterocycles. The topological polar surface area (TPSA) is 72.2 Å². The van der Waals surface area contributed by atoms with Crippen molar-refractivity contribution >= 4 is 21.8 Å². The second kappa shape index (κ2) is 6.06. The molecular formula is C15H18N2O3S2. The summed E-state index contributed by atoms with van der Waals surface area (Å²) in [4.78, 5) is 1.45. The molecule has 22 heavy (non-hydrogen) atoms. The number of benzene rings is 1. The van der Waals surface area contributed by atoms with Gasteiger partial charge in [-0.3, -0.25) is 0 Å². The zero-order valence-corrected chi connectivity index (χ0v) is 14.2. The minimum atomic E-state index is -3.61. The fourth-order valence-corrected chi connectivity index (χ4v) is 4.99. The SMILES string of the molecule is Cc1noc(C)c1S(=O)(=O)NCc1ccc2c(c1)CCCS2. The van der Waals surface area contributed by atoms with Crippen molar-refractivity contribution in [2.45, 2.75) is 43.0 Å². The van der Waals surface area contributed by atoms with Crippen molar-refractivity contribution in [2.24, 2.45) is 0 Å². The summed E-state index contributed by atoms with van der Waals surface area (Å²) >= 11 is 1.86. The highest BCUT2D eigenvalue weighted by atomic mass is 32.2. The van der Waals surface area contributed by atoms with E-state index in [2.05, 4.69) is 22.0 Å². The molecule has 0 bridgehead atoms. The molecule has 1 N–H and O–H groups in total. The number of aryl methyl sites for hydroxylation is 3. The second-order valence-electron chi connectivity index (χ2n) is 5.37. The molecule has 2 heterocycles. The number of nitrogens with zero attached hydrogens (tertiary/aromatic N) is 1. The van der Waals surface area contributed by atoms with E-state index in [0.717, 1.165) is 17.7 Å². The fraction of sp³-hybridized carbons (Fsp3) is 0.400. The quantitative estimate of drug-likeness (QED) is 0.928. The van der Waals surface area contributed by atoms with E-state index in [1.165, 1.54) is 16.9 Å². The Bertz CT molecular complexity index is 778. The Labute approximate surface area is 134 Å². The highest BCUT2D eigenvalue weighted by molar-refractivity contribution is 7.99. The molecule has 1 aromatic heterocycles. The molecule has 0 spiro atoms. The summed E-state index contributed by atoms with van der Waals surface area (Å²) in [7, 11) is -3.61. The van der Waals surface area contributed by atoms with Gasteiger partial charge in [-0.15, -0.1) is 11.8 Å². The van der Waals surface area contributed by atoms with E-state index >= 15 is 0 Å². The number of aromatic nitrogens is 1. The Hall–Kier alpha value is -1.31. The summed E-state index contributed by atoms with van der Waals surface area (Å²) in [5.74, 6) is 1.47. The number of hydrogen-bond acceptors (Lipinski definition) is 5. The molecule has 0 unspecified atom stereocenters. The van der Waals surface area contributed by atoms with E-state index in [1.807, 2.05) is 17.8 Å². The van der Waals surface area contributed by atoms with Crippen molar-refractivity contribution in [1.82, 2.24) is 9.88 Å². The maximum Gasteiger partial charge on any atom is 0.246 e. The summed E-state index contributed by atoms with van der Waals surface area (Å²) in [5.41, 5.74) is 2.66. The first kappa shape index (κ1) is 15.6. The smallest absolute Gasteiger partial charge is 0.246 e. The third-order valence-corrected chi connectivity index (χ3v) is 6.52. The molecule has 1 aliphatic rings. The van der Waals surface area contributed by atoms with Crippen LogP contribution >= 0.6 is 11.8 Å². The molecule has 7 heteroatoms. The van der Waals surface area contributed by atoms with Gasteiger partial charge in [0.2, 0.25) is 10.0 Å². The van der Waals surface area contributed by atoms with Crippen molar-refractivity contribution in [3.8, 4) is 0 Å². The molecule has 3 rings (SSSR count). The lowest BCUT2D eigenvalue weighted by atomic mass is 10.1. The van der Waals surface area contributed by atoms with Crippen LogP contribution in [-0.2, 0) is 23.0 Å². The lowest BCUT2D eigenvalue weighted by Crippen LogP contribution is -2.24. The average Bonchev–Trinajstić information content (AvgIpc) is 2.85. The van der Waals surface area contributed by atoms with Crippen molar-refractivity contribution in [1.29, 1.82) is 0 Å². The Morgan fingerprint density at radius 1 is 1.36 bits per heavy atom. The van der Waals surface area contributed by atoms with Crippen molar-refractivity contribution < 1.29 is 12.9 Å². The van der Waals surface area contributed by atoms with E-state index < -0.39 is 10.0 Å². The normalized spacial score (nSPS) is 14.8. The van der Waals surface area contributed by atoms with Gasteiger partial charge < -0.3 is 4.52 Å². The zero-order chi connectivity index (χ0) is 15.7. The Morgan fingerprint density at radius 3 is 2.91 bits per heavy atom. The van der Waals surface area contributed by atoms with Crippen LogP contribution in [0.5, 0.6) is 0 Å². The first-order valence-corrected chi connectivity index (χ1v) is 9.61. The van der Waals surface area contributed by atoms with E-state index in [1.54, 1.807) is 13.8 Å². The van der Waals surface area contributed by atoms with Gasteiger partial charge >= 0.3 is 0 Å². The van der Waals surface area contributed by atoms with Gasteiger partial charge in [-0.05, 0) is 49.6 Å². The van der Waals surface area contributed by atoms with Gasteiger partial charge in [0.25, 0.3) is 0 Å². The summed E-state index contributed by atoms with van der Waals surface area (Å²) in [5, 5.41) is 3.70. The fourth-order valence-electron chi connectivity index (χ4n) is 2.63. The number of sulfonamides is 1. The highest BCUT2D eigenvalue weighted by Gasteiger charge is 2.23. The summed E-state index contributed by atoms with van der Waals surface area (Å²) < 4.78 is 32.3. The van der Waals surface area contributed by atoms with Gasteiger partial charge in [0, 0.05) is 11.4 Å². The third kappa shape index (κ3) is 3.06. The van der Waals surface area contributed by atoms with Crippen molar-refractivity contribution in [3.63, 3.8) is 0 Å². The molecule has 0 atom stereocenters. The minimum Gasteiger partial charge on any atom is -0.360 e. The Morgan fingerprint density at radius 2 is 2.18 bits per heavy atom. The van der Waals surface area contributed by atoms with Crippen LogP contribution in [0, 0.1) is 13.8 Å². The number of nitrogens with one attached hydrogen (secondary N) is 1. The van der Waals surface area contributed by atoms with Crippen LogP contribution in [0.4, 0.5) is 0 Å². The van der Waals surface area contributed by atoms with Gasteiger partial charge in [-0.2, -0.15) is 0 Å². The lowest BCUT2D eigenvalue weighted by Gasteiger charge is -2.16. The second-order valence-corrected chi connectivity index (χ2v) is 8.21. The van der Waals surface area contributed by atoms with Crippen molar-refractivity contribution in [2.75, 3.05) is 5.75 Å². The number of hydrogen-bond donors (Lipinski definition) is 1. The predicted molar refractivity (Wildman–Crippen MR) is 85.5 cm³/mol.